The molecule has 5 heteroatoms. The molecule has 0 aliphatic carbocycles. The quantitative estimate of drug-likeness (QED) is 0.818. The maximum Gasteiger partial charge on any atom is 0.494 e. The Labute approximate surface area is 133 Å². The van der Waals surface area contributed by atoms with E-state index in [1.165, 1.54) is 5.52 Å². The van der Waals surface area contributed by atoms with Crippen LogP contribution in [0, 0.1) is 0 Å². The molecule has 0 amide bonds. The van der Waals surface area contributed by atoms with Crippen LogP contribution >= 0.6 is 0 Å². The van der Waals surface area contributed by atoms with Crippen molar-refractivity contribution in [2.75, 3.05) is 0 Å². The van der Waals surface area contributed by atoms with Crippen LogP contribution in [0.3, 0.4) is 0 Å². The van der Waals surface area contributed by atoms with Crippen LogP contribution in [0.5, 0.6) is 0 Å². The fraction of sp³-hybridized carbons (Fsp3) is 0.588. The van der Waals surface area contributed by atoms with E-state index in [4.69, 9.17) is 14.3 Å². The highest BCUT2D eigenvalue weighted by Crippen LogP contribution is 2.36. The van der Waals surface area contributed by atoms with Gasteiger partial charge in [0.15, 0.2) is 0 Å². The third-order valence-electron chi connectivity index (χ3n) is 5.01. The first-order valence-electron chi connectivity index (χ1n) is 8.13. The van der Waals surface area contributed by atoms with Gasteiger partial charge in [0.2, 0.25) is 0 Å². The van der Waals surface area contributed by atoms with Crippen LogP contribution in [0.4, 0.5) is 0 Å². The van der Waals surface area contributed by atoms with Gasteiger partial charge in [0.25, 0.3) is 0 Å². The van der Waals surface area contributed by atoms with Crippen LogP contribution in [-0.2, 0) is 22.3 Å². The molecular formula is C17H25BN2O2. The molecule has 3 rings (SSSR count). The third-order valence-corrected chi connectivity index (χ3v) is 5.01. The first-order valence-corrected chi connectivity index (χ1v) is 8.13. The zero-order valence-corrected chi connectivity index (χ0v) is 14.4. The van der Waals surface area contributed by atoms with E-state index >= 15 is 0 Å². The Bertz CT molecular complexity index is 690. The Kier molecular flexibility index (Phi) is 3.61. The SMILES string of the molecule is CCc1nc2cc(B3OC(C)(C)C(C)(C)O3)ccc2n1CC. The third kappa shape index (κ3) is 2.27. The number of fused-ring (bicyclic) bond motifs is 1. The van der Waals surface area contributed by atoms with Crippen molar-refractivity contribution in [3.05, 3.63) is 24.0 Å². The van der Waals surface area contributed by atoms with Crippen LogP contribution < -0.4 is 5.46 Å². The highest BCUT2D eigenvalue weighted by Gasteiger charge is 2.51. The van der Waals surface area contributed by atoms with Gasteiger partial charge in [-0.15, -0.1) is 0 Å². The van der Waals surface area contributed by atoms with Gasteiger partial charge in [-0.2, -0.15) is 0 Å². The van der Waals surface area contributed by atoms with Crippen LogP contribution in [0.25, 0.3) is 11.0 Å². The van der Waals surface area contributed by atoms with Crippen LogP contribution in [0.15, 0.2) is 18.2 Å². The molecule has 1 saturated heterocycles. The van der Waals surface area contributed by atoms with E-state index in [1.54, 1.807) is 0 Å². The summed E-state index contributed by atoms with van der Waals surface area (Å²) in [5.41, 5.74) is 2.61. The fourth-order valence-corrected chi connectivity index (χ4v) is 2.95. The van der Waals surface area contributed by atoms with Gasteiger partial charge in [0, 0.05) is 13.0 Å². The number of hydrogen-bond acceptors (Lipinski definition) is 3. The maximum absolute atomic E-state index is 6.13. The van der Waals surface area contributed by atoms with Gasteiger partial charge < -0.3 is 13.9 Å². The summed E-state index contributed by atoms with van der Waals surface area (Å²) in [6.45, 7) is 13.5. The Morgan fingerprint density at radius 2 is 1.73 bits per heavy atom. The van der Waals surface area contributed by atoms with Gasteiger partial charge in [0.05, 0.1) is 22.2 Å². The minimum Gasteiger partial charge on any atom is -0.399 e. The average molecular weight is 300 g/mol. The molecule has 1 aliphatic rings. The van der Waals surface area contributed by atoms with Crippen molar-refractivity contribution in [2.24, 2.45) is 0 Å². The molecule has 4 nitrogen and oxygen atoms in total. The zero-order chi connectivity index (χ0) is 16.1. The summed E-state index contributed by atoms with van der Waals surface area (Å²) in [5, 5.41) is 0. The lowest BCUT2D eigenvalue weighted by Crippen LogP contribution is -2.41. The lowest BCUT2D eigenvalue weighted by molar-refractivity contribution is 0.00578. The summed E-state index contributed by atoms with van der Waals surface area (Å²) in [6.07, 6.45) is 0.939. The molecule has 0 atom stereocenters. The molecule has 1 aromatic carbocycles. The van der Waals surface area contributed by atoms with E-state index in [0.717, 1.165) is 29.8 Å². The van der Waals surface area contributed by atoms with Gasteiger partial charge in [-0.3, -0.25) is 0 Å². The normalized spacial score (nSPS) is 20.0. The van der Waals surface area contributed by atoms with Crippen molar-refractivity contribution in [3.63, 3.8) is 0 Å². The molecule has 1 fully saturated rings. The number of hydrogen-bond donors (Lipinski definition) is 0. The van der Waals surface area contributed by atoms with Gasteiger partial charge in [-0.1, -0.05) is 13.0 Å². The Morgan fingerprint density at radius 1 is 1.09 bits per heavy atom. The second kappa shape index (κ2) is 5.10. The number of rotatable bonds is 3. The molecule has 0 spiro atoms. The van der Waals surface area contributed by atoms with Crippen molar-refractivity contribution in [1.82, 2.24) is 9.55 Å². The van der Waals surface area contributed by atoms with Gasteiger partial charge in [-0.25, -0.2) is 4.98 Å². The molecule has 0 radical (unpaired) electrons. The van der Waals surface area contributed by atoms with E-state index in [-0.39, 0.29) is 18.3 Å². The molecule has 0 N–H and O–H groups in total. The minimum atomic E-state index is -0.328. The molecule has 1 aromatic heterocycles. The molecule has 0 saturated carbocycles. The molecule has 22 heavy (non-hydrogen) atoms. The van der Waals surface area contributed by atoms with Crippen molar-refractivity contribution in [2.45, 2.75) is 65.7 Å². The fourth-order valence-electron chi connectivity index (χ4n) is 2.95. The summed E-state index contributed by atoms with van der Waals surface area (Å²) in [6, 6.07) is 6.33. The number of aryl methyl sites for hydroxylation is 2. The number of imidazole rings is 1. The molecule has 0 bridgehead atoms. The Hall–Kier alpha value is -1.33. The van der Waals surface area contributed by atoms with E-state index in [9.17, 15) is 0 Å². The van der Waals surface area contributed by atoms with E-state index in [1.807, 2.05) is 0 Å². The zero-order valence-electron chi connectivity index (χ0n) is 14.4. The summed E-state index contributed by atoms with van der Waals surface area (Å²) < 4.78 is 14.5. The van der Waals surface area contributed by atoms with Gasteiger partial charge in [-0.05, 0) is 52.2 Å². The summed E-state index contributed by atoms with van der Waals surface area (Å²) in [4.78, 5) is 4.76. The second-order valence-corrected chi connectivity index (χ2v) is 6.96. The molecule has 2 aromatic rings. The first kappa shape index (κ1) is 15.6. The van der Waals surface area contributed by atoms with Crippen molar-refractivity contribution < 1.29 is 9.31 Å². The summed E-state index contributed by atoms with van der Waals surface area (Å²) >= 11 is 0. The molecular weight excluding hydrogens is 275 g/mol. The highest BCUT2D eigenvalue weighted by molar-refractivity contribution is 6.62. The smallest absolute Gasteiger partial charge is 0.399 e. The minimum absolute atomic E-state index is 0.315. The molecule has 118 valence electrons. The Morgan fingerprint density at radius 3 is 2.27 bits per heavy atom. The lowest BCUT2D eigenvalue weighted by atomic mass is 9.79. The molecule has 0 unspecified atom stereocenters. The number of nitrogens with zero attached hydrogens (tertiary/aromatic N) is 2. The largest absolute Gasteiger partial charge is 0.494 e. The van der Waals surface area contributed by atoms with Crippen molar-refractivity contribution in [1.29, 1.82) is 0 Å². The maximum atomic E-state index is 6.13. The van der Waals surface area contributed by atoms with Crippen LogP contribution in [0.1, 0.15) is 47.4 Å². The predicted molar refractivity (Wildman–Crippen MR) is 90.5 cm³/mol. The number of aromatic nitrogens is 2. The Balaban J connectivity index is 2.00. The van der Waals surface area contributed by atoms with Crippen molar-refractivity contribution >= 4 is 23.6 Å². The monoisotopic (exact) mass is 300 g/mol. The lowest BCUT2D eigenvalue weighted by Gasteiger charge is -2.32. The standard InChI is InChI=1S/C17H25BN2O2/c1-7-15-19-13-11-12(9-10-14(13)20(15)8-2)18-21-16(3,4)17(5,6)22-18/h9-11H,7-8H2,1-6H3. The topological polar surface area (TPSA) is 36.3 Å². The molecule has 1 aliphatic heterocycles. The van der Waals surface area contributed by atoms with E-state index < -0.39 is 0 Å². The molecule has 2 heterocycles. The summed E-state index contributed by atoms with van der Waals surface area (Å²) in [7, 11) is -0.328. The van der Waals surface area contributed by atoms with Crippen molar-refractivity contribution in [3.8, 4) is 0 Å². The average Bonchev–Trinajstić information content (AvgIpc) is 2.92. The van der Waals surface area contributed by atoms with Gasteiger partial charge in [0.1, 0.15) is 5.82 Å². The van der Waals surface area contributed by atoms with E-state index in [0.29, 0.717) is 0 Å². The highest BCUT2D eigenvalue weighted by atomic mass is 16.7. The predicted octanol–water partition coefficient (Wildman–Crippen LogP) is 2.92. The van der Waals surface area contributed by atoms with Crippen LogP contribution in [0.2, 0.25) is 0 Å². The van der Waals surface area contributed by atoms with E-state index in [2.05, 4.69) is 64.3 Å². The van der Waals surface area contributed by atoms with Crippen LogP contribution in [-0.4, -0.2) is 27.9 Å². The van der Waals surface area contributed by atoms with Gasteiger partial charge >= 0.3 is 7.12 Å². The summed E-state index contributed by atoms with van der Waals surface area (Å²) in [5.74, 6) is 1.13. The second-order valence-electron chi connectivity index (χ2n) is 6.96. The number of benzene rings is 1. The first-order chi connectivity index (χ1) is 10.3.